The average Bonchev–Trinajstić information content (AvgIpc) is 3.01. The van der Waals surface area contributed by atoms with Crippen LogP contribution in [0.1, 0.15) is 21.6 Å². The van der Waals surface area contributed by atoms with E-state index in [0.717, 1.165) is 22.4 Å². The number of H-pyrrole nitrogens is 1. The van der Waals surface area contributed by atoms with E-state index in [1.165, 1.54) is 0 Å². The van der Waals surface area contributed by atoms with Crippen molar-refractivity contribution in [1.29, 1.82) is 0 Å². The quantitative estimate of drug-likeness (QED) is 0.729. The van der Waals surface area contributed by atoms with Crippen molar-refractivity contribution in [3.63, 3.8) is 0 Å². The first-order valence-electron chi connectivity index (χ1n) is 8.18. The molecule has 2 N–H and O–H groups in total. The normalized spacial score (nSPS) is 10.5. The number of benzene rings is 2. The molecule has 1 heterocycles. The summed E-state index contributed by atoms with van der Waals surface area (Å²) in [5.41, 5.74) is 4.32. The van der Waals surface area contributed by atoms with Crippen LogP contribution >= 0.6 is 0 Å². The summed E-state index contributed by atoms with van der Waals surface area (Å²) >= 11 is 0. The summed E-state index contributed by atoms with van der Waals surface area (Å²) < 4.78 is 10.5. The van der Waals surface area contributed by atoms with Gasteiger partial charge >= 0.3 is 0 Å². The van der Waals surface area contributed by atoms with Crippen molar-refractivity contribution < 1.29 is 14.3 Å². The highest BCUT2D eigenvalue weighted by Gasteiger charge is 2.17. The van der Waals surface area contributed by atoms with Gasteiger partial charge in [-0.2, -0.15) is 5.10 Å². The van der Waals surface area contributed by atoms with Gasteiger partial charge in [0, 0.05) is 22.9 Å². The van der Waals surface area contributed by atoms with Crippen LogP contribution in [0.15, 0.2) is 42.5 Å². The molecule has 1 amide bonds. The van der Waals surface area contributed by atoms with Gasteiger partial charge in [0.1, 0.15) is 11.5 Å². The second-order valence-electron chi connectivity index (χ2n) is 6.00. The summed E-state index contributed by atoms with van der Waals surface area (Å²) in [4.78, 5) is 12.7. The molecule has 0 saturated heterocycles. The van der Waals surface area contributed by atoms with Crippen LogP contribution in [0.5, 0.6) is 11.5 Å². The fourth-order valence-electron chi connectivity index (χ4n) is 2.79. The fourth-order valence-corrected chi connectivity index (χ4v) is 2.79. The Morgan fingerprint density at radius 3 is 2.35 bits per heavy atom. The molecule has 0 aliphatic heterocycles. The number of nitrogens with one attached hydrogen (secondary N) is 2. The predicted molar refractivity (Wildman–Crippen MR) is 101 cm³/mol. The molecule has 0 aliphatic rings. The second-order valence-corrected chi connectivity index (χ2v) is 6.00. The third-order valence-corrected chi connectivity index (χ3v) is 4.10. The summed E-state index contributed by atoms with van der Waals surface area (Å²) in [6.07, 6.45) is 0. The SMILES string of the molecule is COc1cc(OC)cc(C(=O)Nc2n[nH]c(C)c2-c2cccc(C)c2)c1. The largest absolute Gasteiger partial charge is 0.497 e. The van der Waals surface area contributed by atoms with E-state index in [4.69, 9.17) is 9.47 Å². The Bertz CT molecular complexity index is 925. The molecule has 0 unspecified atom stereocenters. The molecule has 0 aliphatic carbocycles. The lowest BCUT2D eigenvalue weighted by molar-refractivity contribution is 0.102. The van der Waals surface area contributed by atoms with Crippen molar-refractivity contribution in [1.82, 2.24) is 10.2 Å². The van der Waals surface area contributed by atoms with Gasteiger partial charge in [0.25, 0.3) is 5.91 Å². The number of hydrogen-bond donors (Lipinski definition) is 2. The van der Waals surface area contributed by atoms with E-state index >= 15 is 0 Å². The van der Waals surface area contributed by atoms with E-state index in [-0.39, 0.29) is 5.91 Å². The zero-order valence-corrected chi connectivity index (χ0v) is 15.2. The number of carbonyl (C=O) groups excluding carboxylic acids is 1. The van der Waals surface area contributed by atoms with Crippen molar-refractivity contribution in [2.24, 2.45) is 0 Å². The maximum Gasteiger partial charge on any atom is 0.257 e. The number of hydrogen-bond acceptors (Lipinski definition) is 4. The van der Waals surface area contributed by atoms with Crippen LogP contribution < -0.4 is 14.8 Å². The monoisotopic (exact) mass is 351 g/mol. The molecular weight excluding hydrogens is 330 g/mol. The number of ether oxygens (including phenoxy) is 2. The first kappa shape index (κ1) is 17.5. The van der Waals surface area contributed by atoms with E-state index in [0.29, 0.717) is 22.9 Å². The van der Waals surface area contributed by atoms with Crippen LogP contribution in [0, 0.1) is 13.8 Å². The van der Waals surface area contributed by atoms with E-state index in [9.17, 15) is 4.79 Å². The lowest BCUT2D eigenvalue weighted by atomic mass is 10.0. The molecule has 26 heavy (non-hydrogen) atoms. The van der Waals surface area contributed by atoms with Crippen LogP contribution in [0.4, 0.5) is 5.82 Å². The number of aromatic nitrogens is 2. The summed E-state index contributed by atoms with van der Waals surface area (Å²) in [6.45, 7) is 3.95. The Balaban J connectivity index is 1.94. The molecule has 0 spiro atoms. The van der Waals surface area contributed by atoms with Crippen molar-refractivity contribution in [3.8, 4) is 22.6 Å². The van der Waals surface area contributed by atoms with Gasteiger partial charge in [0.2, 0.25) is 0 Å². The third-order valence-electron chi connectivity index (χ3n) is 4.10. The smallest absolute Gasteiger partial charge is 0.257 e. The van der Waals surface area contributed by atoms with Gasteiger partial charge in [-0.1, -0.05) is 29.8 Å². The minimum atomic E-state index is -0.289. The maximum absolute atomic E-state index is 12.7. The Kier molecular flexibility index (Phi) is 4.93. The number of rotatable bonds is 5. The third kappa shape index (κ3) is 3.54. The average molecular weight is 351 g/mol. The van der Waals surface area contributed by atoms with Crippen LogP contribution in [-0.4, -0.2) is 30.3 Å². The molecule has 1 aromatic heterocycles. The second kappa shape index (κ2) is 7.31. The molecular formula is C20H21N3O3. The number of carbonyl (C=O) groups is 1. The molecule has 134 valence electrons. The molecule has 0 radical (unpaired) electrons. The summed E-state index contributed by atoms with van der Waals surface area (Å²) in [7, 11) is 3.09. The van der Waals surface area contributed by atoms with Crippen LogP contribution in [-0.2, 0) is 0 Å². The van der Waals surface area contributed by atoms with Gasteiger partial charge in [0.15, 0.2) is 5.82 Å². The van der Waals surface area contributed by atoms with Gasteiger partial charge in [0.05, 0.1) is 14.2 Å². The first-order valence-corrected chi connectivity index (χ1v) is 8.18. The van der Waals surface area contributed by atoms with Crippen molar-refractivity contribution >= 4 is 11.7 Å². The van der Waals surface area contributed by atoms with E-state index in [1.807, 2.05) is 32.0 Å². The van der Waals surface area contributed by atoms with Gasteiger partial charge in [-0.05, 0) is 31.5 Å². The number of methoxy groups -OCH3 is 2. The highest BCUT2D eigenvalue weighted by atomic mass is 16.5. The molecule has 6 heteroatoms. The minimum absolute atomic E-state index is 0.289. The molecule has 0 atom stereocenters. The lowest BCUT2D eigenvalue weighted by Gasteiger charge is -2.10. The van der Waals surface area contributed by atoms with Crippen molar-refractivity contribution in [3.05, 3.63) is 59.3 Å². The molecule has 3 rings (SSSR count). The topological polar surface area (TPSA) is 76.2 Å². The molecule has 6 nitrogen and oxygen atoms in total. The Labute approximate surface area is 152 Å². The van der Waals surface area contributed by atoms with Gasteiger partial charge in [-0.25, -0.2) is 0 Å². The number of amides is 1. The summed E-state index contributed by atoms with van der Waals surface area (Å²) in [5, 5.41) is 10.1. The fraction of sp³-hybridized carbons (Fsp3) is 0.200. The highest BCUT2D eigenvalue weighted by Crippen LogP contribution is 2.31. The lowest BCUT2D eigenvalue weighted by Crippen LogP contribution is -2.13. The number of nitrogens with zero attached hydrogens (tertiary/aromatic N) is 1. The zero-order chi connectivity index (χ0) is 18.7. The van der Waals surface area contributed by atoms with Crippen LogP contribution in [0.25, 0.3) is 11.1 Å². The molecule has 0 bridgehead atoms. The van der Waals surface area contributed by atoms with E-state index in [2.05, 4.69) is 21.6 Å². The summed E-state index contributed by atoms with van der Waals surface area (Å²) in [5.74, 6) is 1.29. The number of aryl methyl sites for hydroxylation is 2. The van der Waals surface area contributed by atoms with Gasteiger partial charge < -0.3 is 14.8 Å². The molecule has 0 saturated carbocycles. The standard InChI is InChI=1S/C20H21N3O3/c1-12-6-5-7-14(8-12)18-13(2)22-23-19(18)21-20(24)15-9-16(25-3)11-17(10-15)26-4/h5-11H,1-4H3,(H2,21,22,23,24). The Hall–Kier alpha value is -3.28. The van der Waals surface area contributed by atoms with Crippen molar-refractivity contribution in [2.75, 3.05) is 19.5 Å². The molecule has 0 fully saturated rings. The van der Waals surface area contributed by atoms with Gasteiger partial charge in [-0.15, -0.1) is 0 Å². The molecule has 2 aromatic carbocycles. The van der Waals surface area contributed by atoms with E-state index in [1.54, 1.807) is 32.4 Å². The first-order chi connectivity index (χ1) is 12.5. The highest BCUT2D eigenvalue weighted by molar-refractivity contribution is 6.06. The maximum atomic E-state index is 12.7. The minimum Gasteiger partial charge on any atom is -0.497 e. The Morgan fingerprint density at radius 1 is 1.04 bits per heavy atom. The number of aromatic amines is 1. The molecule has 3 aromatic rings. The van der Waals surface area contributed by atoms with Crippen LogP contribution in [0.3, 0.4) is 0 Å². The Morgan fingerprint density at radius 2 is 1.73 bits per heavy atom. The summed E-state index contributed by atoms with van der Waals surface area (Å²) in [6, 6.07) is 13.1. The van der Waals surface area contributed by atoms with Gasteiger partial charge in [-0.3, -0.25) is 9.89 Å². The predicted octanol–water partition coefficient (Wildman–Crippen LogP) is 3.96. The van der Waals surface area contributed by atoms with Crippen molar-refractivity contribution in [2.45, 2.75) is 13.8 Å². The van der Waals surface area contributed by atoms with Crippen LogP contribution in [0.2, 0.25) is 0 Å². The van der Waals surface area contributed by atoms with E-state index < -0.39 is 0 Å². The zero-order valence-electron chi connectivity index (χ0n) is 15.2. The number of anilines is 1.